The summed E-state index contributed by atoms with van der Waals surface area (Å²) >= 11 is 4.83. The number of rotatable bonds is 4. The van der Waals surface area contributed by atoms with Gasteiger partial charge >= 0.3 is 5.63 Å². The summed E-state index contributed by atoms with van der Waals surface area (Å²) < 4.78 is 10.4. The third-order valence-electron chi connectivity index (χ3n) is 4.40. The van der Waals surface area contributed by atoms with Crippen molar-refractivity contribution in [1.29, 1.82) is 0 Å². The summed E-state index contributed by atoms with van der Waals surface area (Å²) in [5.41, 5.74) is 0.915. The van der Waals surface area contributed by atoms with Gasteiger partial charge in [-0.2, -0.15) is 5.10 Å². The SMILES string of the molecule is COc1ccc2ccccc2c1/C=N/NC(=O)c1cc2c(=O)[nH]c(=S)[nH]c2oc1=O. The number of hydrogen-bond donors (Lipinski definition) is 3. The lowest BCUT2D eigenvalue weighted by molar-refractivity contribution is 0.0951. The van der Waals surface area contributed by atoms with E-state index < -0.39 is 17.1 Å². The molecule has 2 aromatic carbocycles. The zero-order chi connectivity index (χ0) is 21.3. The van der Waals surface area contributed by atoms with E-state index in [1.165, 1.54) is 13.3 Å². The number of carbonyl (C=O) groups excluding carboxylic acids is 1. The maximum Gasteiger partial charge on any atom is 0.350 e. The summed E-state index contributed by atoms with van der Waals surface area (Å²) in [7, 11) is 1.53. The van der Waals surface area contributed by atoms with Crippen LogP contribution in [0.4, 0.5) is 0 Å². The van der Waals surface area contributed by atoms with Crippen LogP contribution in [0, 0.1) is 4.77 Å². The Bertz CT molecular complexity index is 1500. The standard InChI is InChI=1S/C20H14N4O5S/c1-28-15-7-6-10-4-2-3-5-11(10)14(15)9-21-24-17(26)13-8-12-16(25)22-20(30)23-18(12)29-19(13)27/h2-9H,1H3,(H,24,26)(H2,22,23,25,30)/b21-9+. The zero-order valence-corrected chi connectivity index (χ0v) is 16.3. The van der Waals surface area contributed by atoms with E-state index in [9.17, 15) is 14.4 Å². The van der Waals surface area contributed by atoms with E-state index in [0.29, 0.717) is 11.3 Å². The summed E-state index contributed by atoms with van der Waals surface area (Å²) in [6.45, 7) is 0. The van der Waals surface area contributed by atoms with Gasteiger partial charge in [0.05, 0.1) is 13.3 Å². The number of amides is 1. The number of fused-ring (bicyclic) bond motifs is 2. The first-order valence-electron chi connectivity index (χ1n) is 8.67. The van der Waals surface area contributed by atoms with E-state index in [1.54, 1.807) is 6.07 Å². The second-order valence-electron chi connectivity index (χ2n) is 6.20. The van der Waals surface area contributed by atoms with Gasteiger partial charge in [-0.05, 0) is 35.1 Å². The first kappa shape index (κ1) is 19.3. The molecule has 0 unspecified atom stereocenters. The molecule has 0 aliphatic carbocycles. The van der Waals surface area contributed by atoms with Crippen LogP contribution < -0.4 is 21.3 Å². The molecule has 150 valence electrons. The molecule has 3 N–H and O–H groups in total. The van der Waals surface area contributed by atoms with Crippen LogP contribution in [0.3, 0.4) is 0 Å². The second-order valence-corrected chi connectivity index (χ2v) is 6.61. The normalized spacial score (nSPS) is 11.2. The van der Waals surface area contributed by atoms with Crippen LogP contribution in [0.15, 0.2) is 61.6 Å². The molecule has 0 bridgehead atoms. The molecule has 9 nitrogen and oxygen atoms in total. The van der Waals surface area contributed by atoms with Gasteiger partial charge in [-0.25, -0.2) is 10.2 Å². The molecule has 0 saturated heterocycles. The summed E-state index contributed by atoms with van der Waals surface area (Å²) in [5, 5.41) is 5.77. The molecular weight excluding hydrogens is 408 g/mol. The Morgan fingerprint density at radius 3 is 2.77 bits per heavy atom. The number of aromatic nitrogens is 2. The van der Waals surface area contributed by atoms with E-state index in [1.807, 2.05) is 30.3 Å². The number of hydrogen-bond acceptors (Lipinski definition) is 7. The highest BCUT2D eigenvalue weighted by molar-refractivity contribution is 7.71. The van der Waals surface area contributed by atoms with Gasteiger partial charge in [0.15, 0.2) is 4.77 Å². The molecular formula is C20H14N4O5S. The van der Waals surface area contributed by atoms with Crippen LogP contribution in [-0.4, -0.2) is 29.2 Å². The zero-order valence-electron chi connectivity index (χ0n) is 15.5. The van der Waals surface area contributed by atoms with Crippen molar-refractivity contribution in [2.75, 3.05) is 7.11 Å². The number of ether oxygens (including phenoxy) is 1. The van der Waals surface area contributed by atoms with Crippen molar-refractivity contribution < 1.29 is 13.9 Å². The molecule has 0 atom stereocenters. The highest BCUT2D eigenvalue weighted by Gasteiger charge is 2.15. The van der Waals surface area contributed by atoms with Crippen molar-refractivity contribution in [3.8, 4) is 5.75 Å². The largest absolute Gasteiger partial charge is 0.496 e. The van der Waals surface area contributed by atoms with Gasteiger partial charge < -0.3 is 14.1 Å². The quantitative estimate of drug-likeness (QED) is 0.263. The first-order chi connectivity index (χ1) is 14.5. The second kappa shape index (κ2) is 7.76. The van der Waals surface area contributed by atoms with Crippen molar-refractivity contribution in [2.45, 2.75) is 0 Å². The first-order valence-corrected chi connectivity index (χ1v) is 9.08. The van der Waals surface area contributed by atoms with Crippen LogP contribution >= 0.6 is 12.2 Å². The minimum atomic E-state index is -0.936. The Balaban J connectivity index is 1.68. The molecule has 0 spiro atoms. The maximum atomic E-state index is 12.4. The van der Waals surface area contributed by atoms with E-state index in [4.69, 9.17) is 21.4 Å². The lowest BCUT2D eigenvalue weighted by atomic mass is 10.0. The fourth-order valence-corrected chi connectivity index (χ4v) is 3.18. The number of carbonyl (C=O) groups is 1. The summed E-state index contributed by atoms with van der Waals surface area (Å²) in [5.74, 6) is -0.262. The van der Waals surface area contributed by atoms with Gasteiger partial charge in [-0.3, -0.25) is 14.6 Å². The molecule has 0 radical (unpaired) electrons. The smallest absolute Gasteiger partial charge is 0.350 e. The minimum absolute atomic E-state index is 0.00138. The Labute approximate surface area is 173 Å². The average molecular weight is 422 g/mol. The number of H-pyrrole nitrogens is 2. The number of aromatic amines is 2. The predicted molar refractivity (Wildman–Crippen MR) is 114 cm³/mol. The molecule has 4 aromatic rings. The molecule has 2 heterocycles. The summed E-state index contributed by atoms with van der Waals surface area (Å²) in [6.07, 6.45) is 1.42. The molecule has 2 aromatic heterocycles. The summed E-state index contributed by atoms with van der Waals surface area (Å²) in [6, 6.07) is 12.4. The topological polar surface area (TPSA) is 130 Å². The van der Waals surface area contributed by atoms with Gasteiger partial charge in [-0.15, -0.1) is 0 Å². The Morgan fingerprint density at radius 1 is 1.17 bits per heavy atom. The monoisotopic (exact) mass is 422 g/mol. The van der Waals surface area contributed by atoms with E-state index >= 15 is 0 Å². The number of hydrazone groups is 1. The van der Waals surface area contributed by atoms with Crippen molar-refractivity contribution in [3.05, 3.63) is 79.1 Å². The van der Waals surface area contributed by atoms with Crippen LogP contribution in [0.25, 0.3) is 21.9 Å². The van der Waals surface area contributed by atoms with Crippen molar-refractivity contribution in [1.82, 2.24) is 15.4 Å². The highest BCUT2D eigenvalue weighted by Crippen LogP contribution is 2.26. The van der Waals surface area contributed by atoms with E-state index in [0.717, 1.165) is 16.8 Å². The van der Waals surface area contributed by atoms with E-state index in [-0.39, 0.29) is 21.4 Å². The van der Waals surface area contributed by atoms with Crippen molar-refractivity contribution in [2.24, 2.45) is 5.10 Å². The lowest BCUT2D eigenvalue weighted by Gasteiger charge is -2.08. The third-order valence-corrected chi connectivity index (χ3v) is 4.61. The van der Waals surface area contributed by atoms with Crippen LogP contribution in [0.2, 0.25) is 0 Å². The highest BCUT2D eigenvalue weighted by atomic mass is 32.1. The molecule has 10 heteroatoms. The number of nitrogens with one attached hydrogen (secondary N) is 3. The van der Waals surface area contributed by atoms with Gasteiger partial charge in [0.2, 0.25) is 5.71 Å². The third kappa shape index (κ3) is 3.51. The van der Waals surface area contributed by atoms with Crippen LogP contribution in [0.1, 0.15) is 15.9 Å². The maximum absolute atomic E-state index is 12.4. The van der Waals surface area contributed by atoms with Gasteiger partial charge in [0.1, 0.15) is 16.7 Å². The number of methoxy groups -OCH3 is 1. The Morgan fingerprint density at radius 2 is 1.97 bits per heavy atom. The van der Waals surface area contributed by atoms with Gasteiger partial charge in [0.25, 0.3) is 11.5 Å². The lowest BCUT2D eigenvalue weighted by Crippen LogP contribution is -2.25. The summed E-state index contributed by atoms with van der Waals surface area (Å²) in [4.78, 5) is 41.5. The average Bonchev–Trinajstić information content (AvgIpc) is 2.73. The van der Waals surface area contributed by atoms with E-state index in [2.05, 4.69) is 20.5 Å². The molecule has 0 fully saturated rings. The predicted octanol–water partition coefficient (Wildman–Crippen LogP) is 2.46. The number of nitrogens with zero attached hydrogens (tertiary/aromatic N) is 1. The molecule has 1 amide bonds. The molecule has 0 saturated carbocycles. The minimum Gasteiger partial charge on any atom is -0.496 e. The van der Waals surface area contributed by atoms with Crippen molar-refractivity contribution >= 4 is 46.2 Å². The van der Waals surface area contributed by atoms with Gasteiger partial charge in [-0.1, -0.05) is 30.3 Å². The van der Waals surface area contributed by atoms with Crippen molar-refractivity contribution in [3.63, 3.8) is 0 Å². The molecule has 0 aliphatic rings. The molecule has 4 rings (SSSR count). The molecule has 30 heavy (non-hydrogen) atoms. The van der Waals surface area contributed by atoms with Crippen LogP contribution in [-0.2, 0) is 0 Å². The Hall–Kier alpha value is -4.05. The van der Waals surface area contributed by atoms with Gasteiger partial charge in [0, 0.05) is 5.56 Å². The van der Waals surface area contributed by atoms with Crippen LogP contribution in [0.5, 0.6) is 5.75 Å². The fraction of sp³-hybridized carbons (Fsp3) is 0.0500. The number of benzene rings is 2. The molecule has 0 aliphatic heterocycles. The fourth-order valence-electron chi connectivity index (χ4n) is 3.00. The Kier molecular flexibility index (Phi) is 4.98.